The fourth-order valence-electron chi connectivity index (χ4n) is 1.65. The molecule has 1 saturated carbocycles. The summed E-state index contributed by atoms with van der Waals surface area (Å²) >= 11 is 0. The smallest absolute Gasteiger partial charge is 0.434 e. The van der Waals surface area contributed by atoms with E-state index in [4.69, 9.17) is 9.47 Å². The van der Waals surface area contributed by atoms with Crippen molar-refractivity contribution in [1.82, 2.24) is 0 Å². The Hall–Kier alpha value is -0.730. The van der Waals surface area contributed by atoms with E-state index in [2.05, 4.69) is 6.92 Å². The minimum atomic E-state index is -0.481. The normalized spacial score (nSPS) is 17.8. The molecule has 0 radical (unpaired) electrons. The highest BCUT2D eigenvalue weighted by Gasteiger charge is 2.18. The summed E-state index contributed by atoms with van der Waals surface area (Å²) in [6, 6.07) is 0. The molecule has 1 rings (SSSR count). The van der Waals surface area contributed by atoms with Gasteiger partial charge in [-0.1, -0.05) is 19.8 Å². The fraction of sp³-hybridized carbons (Fsp3) is 0.909. The summed E-state index contributed by atoms with van der Waals surface area (Å²) in [7, 11) is 0. The molecule has 1 aliphatic rings. The maximum atomic E-state index is 11.1. The average Bonchev–Trinajstić information content (AvgIpc) is 2.20. The standard InChI is InChI=1S/C11H20O3/c1-2-3-9-13-11(12)14-10-7-5-4-6-8-10/h10H,2-9H2,1H3. The Morgan fingerprint density at radius 3 is 2.64 bits per heavy atom. The highest BCUT2D eigenvalue weighted by Crippen LogP contribution is 2.20. The van der Waals surface area contributed by atoms with E-state index in [0.29, 0.717) is 6.61 Å². The second-order valence-electron chi connectivity index (χ2n) is 3.83. The van der Waals surface area contributed by atoms with Crippen LogP contribution >= 0.6 is 0 Å². The van der Waals surface area contributed by atoms with Gasteiger partial charge < -0.3 is 9.47 Å². The van der Waals surface area contributed by atoms with Crippen LogP contribution in [0.5, 0.6) is 0 Å². The van der Waals surface area contributed by atoms with Crippen LogP contribution in [0.2, 0.25) is 0 Å². The van der Waals surface area contributed by atoms with Crippen LogP contribution in [0.3, 0.4) is 0 Å². The van der Waals surface area contributed by atoms with Crippen LogP contribution in [-0.4, -0.2) is 18.9 Å². The van der Waals surface area contributed by atoms with Crippen LogP contribution in [0.25, 0.3) is 0 Å². The molecular weight excluding hydrogens is 180 g/mol. The first-order valence-corrected chi connectivity index (χ1v) is 5.66. The molecule has 0 bridgehead atoms. The number of rotatable bonds is 4. The van der Waals surface area contributed by atoms with E-state index in [1.165, 1.54) is 19.3 Å². The topological polar surface area (TPSA) is 35.5 Å². The first kappa shape index (κ1) is 11.3. The molecule has 0 unspecified atom stereocenters. The number of ether oxygens (including phenoxy) is 2. The van der Waals surface area contributed by atoms with Crippen molar-refractivity contribution >= 4 is 6.16 Å². The van der Waals surface area contributed by atoms with Crippen molar-refractivity contribution in [3.63, 3.8) is 0 Å². The zero-order chi connectivity index (χ0) is 10.2. The number of hydrogen-bond acceptors (Lipinski definition) is 3. The maximum Gasteiger partial charge on any atom is 0.508 e. The highest BCUT2D eigenvalue weighted by atomic mass is 16.7. The average molecular weight is 200 g/mol. The Kier molecular flexibility index (Phi) is 5.42. The third kappa shape index (κ3) is 4.49. The van der Waals surface area contributed by atoms with Crippen molar-refractivity contribution in [2.45, 2.75) is 58.0 Å². The monoisotopic (exact) mass is 200 g/mol. The van der Waals surface area contributed by atoms with Gasteiger partial charge in [0.25, 0.3) is 0 Å². The van der Waals surface area contributed by atoms with Gasteiger partial charge in [0.2, 0.25) is 0 Å². The van der Waals surface area contributed by atoms with Crippen molar-refractivity contribution in [1.29, 1.82) is 0 Å². The lowest BCUT2D eigenvalue weighted by Gasteiger charge is -2.21. The summed E-state index contributed by atoms with van der Waals surface area (Å²) in [4.78, 5) is 11.1. The number of hydrogen-bond donors (Lipinski definition) is 0. The van der Waals surface area contributed by atoms with E-state index in [1.807, 2.05) is 0 Å². The molecular formula is C11H20O3. The Labute approximate surface area is 85.8 Å². The summed E-state index contributed by atoms with van der Waals surface area (Å²) in [5.74, 6) is 0. The zero-order valence-corrected chi connectivity index (χ0v) is 8.96. The molecule has 0 atom stereocenters. The van der Waals surface area contributed by atoms with Crippen LogP contribution in [-0.2, 0) is 9.47 Å². The highest BCUT2D eigenvalue weighted by molar-refractivity contribution is 5.60. The molecule has 0 N–H and O–H groups in total. The van der Waals surface area contributed by atoms with Gasteiger partial charge in [-0.2, -0.15) is 0 Å². The van der Waals surface area contributed by atoms with E-state index in [1.54, 1.807) is 0 Å². The van der Waals surface area contributed by atoms with Gasteiger partial charge in [-0.25, -0.2) is 4.79 Å². The second kappa shape index (κ2) is 6.68. The van der Waals surface area contributed by atoms with Gasteiger partial charge in [-0.3, -0.25) is 0 Å². The van der Waals surface area contributed by atoms with E-state index in [-0.39, 0.29) is 6.10 Å². The quantitative estimate of drug-likeness (QED) is 0.516. The summed E-state index contributed by atoms with van der Waals surface area (Å²) in [6.45, 7) is 2.55. The predicted octanol–water partition coefficient (Wildman–Crippen LogP) is 3.27. The molecule has 0 heterocycles. The number of carbonyl (C=O) groups is 1. The number of unbranched alkanes of at least 4 members (excludes halogenated alkanes) is 1. The van der Waals surface area contributed by atoms with Gasteiger partial charge in [-0.15, -0.1) is 0 Å². The summed E-state index contributed by atoms with van der Waals surface area (Å²) in [5, 5.41) is 0. The zero-order valence-electron chi connectivity index (χ0n) is 8.96. The van der Waals surface area contributed by atoms with Crippen molar-refractivity contribution in [2.24, 2.45) is 0 Å². The van der Waals surface area contributed by atoms with Gasteiger partial charge in [0.1, 0.15) is 6.10 Å². The summed E-state index contributed by atoms with van der Waals surface area (Å²) < 4.78 is 10.1. The van der Waals surface area contributed by atoms with Crippen molar-refractivity contribution < 1.29 is 14.3 Å². The summed E-state index contributed by atoms with van der Waals surface area (Å²) in [6.07, 6.45) is 7.20. The van der Waals surface area contributed by atoms with Crippen molar-refractivity contribution in [3.8, 4) is 0 Å². The molecule has 0 aliphatic heterocycles. The largest absolute Gasteiger partial charge is 0.508 e. The minimum absolute atomic E-state index is 0.109. The fourth-order valence-corrected chi connectivity index (χ4v) is 1.65. The Morgan fingerprint density at radius 1 is 1.29 bits per heavy atom. The van der Waals surface area contributed by atoms with Gasteiger partial charge in [0.15, 0.2) is 0 Å². The molecule has 0 aromatic carbocycles. The molecule has 0 aromatic heterocycles. The van der Waals surface area contributed by atoms with Crippen molar-refractivity contribution in [3.05, 3.63) is 0 Å². The SMILES string of the molecule is CCCCOC(=O)OC1CCCCC1. The number of carbonyl (C=O) groups excluding carboxylic acids is 1. The second-order valence-corrected chi connectivity index (χ2v) is 3.83. The molecule has 0 aromatic rings. The lowest BCUT2D eigenvalue weighted by molar-refractivity contribution is 0.0108. The van der Waals surface area contributed by atoms with Crippen LogP contribution < -0.4 is 0 Å². The third-order valence-corrected chi connectivity index (χ3v) is 2.53. The molecule has 0 amide bonds. The third-order valence-electron chi connectivity index (χ3n) is 2.53. The van der Waals surface area contributed by atoms with E-state index in [9.17, 15) is 4.79 Å². The van der Waals surface area contributed by atoms with E-state index in [0.717, 1.165) is 25.7 Å². The Bertz CT molecular complexity index is 162. The summed E-state index contributed by atoms with van der Waals surface area (Å²) in [5.41, 5.74) is 0. The first-order chi connectivity index (χ1) is 6.83. The van der Waals surface area contributed by atoms with E-state index < -0.39 is 6.16 Å². The molecule has 0 spiro atoms. The van der Waals surface area contributed by atoms with Crippen LogP contribution in [0, 0.1) is 0 Å². The molecule has 14 heavy (non-hydrogen) atoms. The lowest BCUT2D eigenvalue weighted by Crippen LogP contribution is -2.21. The van der Waals surface area contributed by atoms with E-state index >= 15 is 0 Å². The van der Waals surface area contributed by atoms with Gasteiger partial charge in [0.05, 0.1) is 6.61 Å². The van der Waals surface area contributed by atoms with Gasteiger partial charge in [-0.05, 0) is 32.1 Å². The van der Waals surface area contributed by atoms with Crippen LogP contribution in [0.15, 0.2) is 0 Å². The molecule has 1 fully saturated rings. The minimum Gasteiger partial charge on any atom is -0.434 e. The van der Waals surface area contributed by atoms with Crippen molar-refractivity contribution in [2.75, 3.05) is 6.61 Å². The van der Waals surface area contributed by atoms with Crippen LogP contribution in [0.4, 0.5) is 4.79 Å². The Morgan fingerprint density at radius 2 is 2.00 bits per heavy atom. The molecule has 1 aliphatic carbocycles. The molecule has 82 valence electrons. The Balaban J connectivity index is 2.06. The van der Waals surface area contributed by atoms with Gasteiger partial charge >= 0.3 is 6.16 Å². The van der Waals surface area contributed by atoms with Crippen LogP contribution in [0.1, 0.15) is 51.9 Å². The maximum absolute atomic E-state index is 11.1. The molecule has 3 nitrogen and oxygen atoms in total. The predicted molar refractivity (Wildman–Crippen MR) is 54.2 cm³/mol. The molecule has 0 saturated heterocycles. The first-order valence-electron chi connectivity index (χ1n) is 5.66. The van der Waals surface area contributed by atoms with Gasteiger partial charge in [0, 0.05) is 0 Å². The lowest BCUT2D eigenvalue weighted by atomic mass is 9.98. The molecule has 3 heteroatoms.